The highest BCUT2D eigenvalue weighted by atomic mass is 32.2. The van der Waals surface area contributed by atoms with Crippen LogP contribution in [0.1, 0.15) is 25.7 Å². The number of benzene rings is 1. The van der Waals surface area contributed by atoms with Crippen molar-refractivity contribution in [3.8, 4) is 0 Å². The third-order valence-corrected chi connectivity index (χ3v) is 6.13. The zero-order chi connectivity index (χ0) is 16.2. The molecule has 0 atom stereocenters. The zero-order valence-electron chi connectivity index (χ0n) is 13.2. The largest absolute Gasteiger partial charge is 0.349 e. The highest BCUT2D eigenvalue weighted by molar-refractivity contribution is 7.89. The molecule has 0 bridgehead atoms. The van der Waals surface area contributed by atoms with E-state index in [0.29, 0.717) is 30.3 Å². The summed E-state index contributed by atoms with van der Waals surface area (Å²) < 4.78 is 26.6. The molecule has 0 aliphatic carbocycles. The van der Waals surface area contributed by atoms with Crippen LogP contribution in [-0.2, 0) is 14.8 Å². The van der Waals surface area contributed by atoms with E-state index in [1.165, 1.54) is 0 Å². The molecule has 1 heterocycles. The molecule has 2 rings (SSSR count). The Hall–Kier alpha value is -1.40. The normalized spacial score (nSPS) is 17.4. The van der Waals surface area contributed by atoms with Crippen molar-refractivity contribution in [3.63, 3.8) is 0 Å². The molecule has 0 spiro atoms. The van der Waals surface area contributed by atoms with Gasteiger partial charge in [0.2, 0.25) is 15.9 Å². The molecule has 0 saturated carbocycles. The van der Waals surface area contributed by atoms with Crippen molar-refractivity contribution in [1.29, 1.82) is 0 Å². The van der Waals surface area contributed by atoms with Crippen LogP contribution in [0.3, 0.4) is 0 Å². The van der Waals surface area contributed by atoms with Gasteiger partial charge in [0.05, 0.1) is 4.90 Å². The number of nitrogens with zero attached hydrogens (tertiary/aromatic N) is 2. The Morgan fingerprint density at radius 2 is 1.77 bits per heavy atom. The first kappa shape index (κ1) is 17.0. The second-order valence-corrected chi connectivity index (χ2v) is 7.93. The highest BCUT2D eigenvalue weighted by Gasteiger charge is 2.29. The van der Waals surface area contributed by atoms with Crippen LogP contribution in [0.4, 0.5) is 0 Å². The SMILES string of the molecule is CN(C)C(=O)CCC1CCN(S(=O)(=O)c2ccccc2)CC1. The van der Waals surface area contributed by atoms with Gasteiger partial charge < -0.3 is 4.90 Å². The molecule has 0 N–H and O–H groups in total. The predicted octanol–water partition coefficient (Wildman–Crippen LogP) is 1.96. The smallest absolute Gasteiger partial charge is 0.243 e. The van der Waals surface area contributed by atoms with E-state index < -0.39 is 10.0 Å². The number of rotatable bonds is 5. The fourth-order valence-electron chi connectivity index (χ4n) is 2.73. The summed E-state index contributed by atoms with van der Waals surface area (Å²) in [5.74, 6) is 0.575. The molecule has 22 heavy (non-hydrogen) atoms. The molecule has 1 fully saturated rings. The Morgan fingerprint density at radius 1 is 1.18 bits per heavy atom. The van der Waals surface area contributed by atoms with Crippen LogP contribution in [0.25, 0.3) is 0 Å². The van der Waals surface area contributed by atoms with Gasteiger partial charge in [0.15, 0.2) is 0 Å². The average molecular weight is 324 g/mol. The number of amides is 1. The van der Waals surface area contributed by atoms with Crippen LogP contribution in [0.5, 0.6) is 0 Å². The minimum atomic E-state index is -3.37. The summed E-state index contributed by atoms with van der Waals surface area (Å²) >= 11 is 0. The number of hydrogen-bond donors (Lipinski definition) is 0. The Labute approximate surface area is 133 Å². The Balaban J connectivity index is 1.88. The van der Waals surface area contributed by atoms with E-state index in [9.17, 15) is 13.2 Å². The molecule has 5 nitrogen and oxygen atoms in total. The third kappa shape index (κ3) is 4.08. The topological polar surface area (TPSA) is 57.7 Å². The molecule has 6 heteroatoms. The molecular weight excluding hydrogens is 300 g/mol. The Morgan fingerprint density at radius 3 is 2.32 bits per heavy atom. The molecule has 0 unspecified atom stereocenters. The van der Waals surface area contributed by atoms with Crippen molar-refractivity contribution in [2.45, 2.75) is 30.6 Å². The van der Waals surface area contributed by atoms with Crippen LogP contribution in [0, 0.1) is 5.92 Å². The monoisotopic (exact) mass is 324 g/mol. The van der Waals surface area contributed by atoms with E-state index >= 15 is 0 Å². The zero-order valence-corrected chi connectivity index (χ0v) is 14.1. The van der Waals surface area contributed by atoms with Crippen molar-refractivity contribution >= 4 is 15.9 Å². The lowest BCUT2D eigenvalue weighted by Crippen LogP contribution is -2.38. The van der Waals surface area contributed by atoms with Gasteiger partial charge in [-0.05, 0) is 37.3 Å². The first-order valence-electron chi connectivity index (χ1n) is 7.66. The highest BCUT2D eigenvalue weighted by Crippen LogP contribution is 2.26. The maximum atomic E-state index is 12.5. The van der Waals surface area contributed by atoms with Gasteiger partial charge in [-0.25, -0.2) is 8.42 Å². The van der Waals surface area contributed by atoms with Crippen molar-refractivity contribution in [3.05, 3.63) is 30.3 Å². The molecule has 1 amide bonds. The summed E-state index contributed by atoms with van der Waals surface area (Å²) in [6, 6.07) is 8.57. The van der Waals surface area contributed by atoms with E-state index in [4.69, 9.17) is 0 Å². The molecule has 1 saturated heterocycles. The van der Waals surface area contributed by atoms with Gasteiger partial charge in [0.1, 0.15) is 0 Å². The number of piperidine rings is 1. The minimum absolute atomic E-state index is 0.138. The van der Waals surface area contributed by atoms with E-state index in [-0.39, 0.29) is 5.91 Å². The molecule has 0 radical (unpaired) electrons. The molecule has 122 valence electrons. The summed E-state index contributed by atoms with van der Waals surface area (Å²) in [5, 5.41) is 0. The summed E-state index contributed by atoms with van der Waals surface area (Å²) in [6.07, 6.45) is 3.04. The van der Waals surface area contributed by atoms with Crippen molar-refractivity contribution < 1.29 is 13.2 Å². The molecule has 0 aromatic heterocycles. The van der Waals surface area contributed by atoms with Gasteiger partial charge in [-0.3, -0.25) is 4.79 Å². The second-order valence-electron chi connectivity index (χ2n) is 5.99. The molecule has 1 aliphatic heterocycles. The number of sulfonamides is 1. The van der Waals surface area contributed by atoms with Crippen LogP contribution >= 0.6 is 0 Å². The van der Waals surface area contributed by atoms with Crippen molar-refractivity contribution in [2.75, 3.05) is 27.2 Å². The molecular formula is C16H24N2O3S. The summed E-state index contributed by atoms with van der Waals surface area (Å²) in [5.41, 5.74) is 0. The van der Waals surface area contributed by atoms with Gasteiger partial charge in [-0.1, -0.05) is 18.2 Å². The standard InChI is InChI=1S/C16H24N2O3S/c1-17(2)16(19)9-8-14-10-12-18(13-11-14)22(20,21)15-6-4-3-5-7-15/h3-7,14H,8-13H2,1-2H3. The summed E-state index contributed by atoms with van der Waals surface area (Å²) in [7, 11) is 0.151. The van der Waals surface area contributed by atoms with Crippen LogP contribution < -0.4 is 0 Å². The van der Waals surface area contributed by atoms with E-state index in [1.807, 2.05) is 6.07 Å². The van der Waals surface area contributed by atoms with Gasteiger partial charge in [0, 0.05) is 33.6 Å². The lowest BCUT2D eigenvalue weighted by molar-refractivity contribution is -0.129. The van der Waals surface area contributed by atoms with Crippen molar-refractivity contribution in [2.24, 2.45) is 5.92 Å². The lowest BCUT2D eigenvalue weighted by atomic mass is 9.93. The first-order chi connectivity index (χ1) is 10.4. The number of carbonyl (C=O) groups is 1. The Kier molecular flexibility index (Phi) is 5.58. The van der Waals surface area contributed by atoms with Gasteiger partial charge in [-0.15, -0.1) is 0 Å². The van der Waals surface area contributed by atoms with Gasteiger partial charge in [0.25, 0.3) is 0 Å². The van der Waals surface area contributed by atoms with E-state index in [1.54, 1.807) is 47.6 Å². The van der Waals surface area contributed by atoms with E-state index in [0.717, 1.165) is 19.3 Å². The number of hydrogen-bond acceptors (Lipinski definition) is 3. The fraction of sp³-hybridized carbons (Fsp3) is 0.562. The van der Waals surface area contributed by atoms with Crippen molar-refractivity contribution in [1.82, 2.24) is 9.21 Å². The number of carbonyl (C=O) groups excluding carboxylic acids is 1. The lowest BCUT2D eigenvalue weighted by Gasteiger charge is -2.31. The minimum Gasteiger partial charge on any atom is -0.349 e. The van der Waals surface area contributed by atoms with Crippen LogP contribution in [0.2, 0.25) is 0 Å². The maximum Gasteiger partial charge on any atom is 0.243 e. The fourth-order valence-corrected chi connectivity index (χ4v) is 4.22. The quantitative estimate of drug-likeness (QED) is 0.832. The Bertz CT molecular complexity index is 591. The average Bonchev–Trinajstić information content (AvgIpc) is 2.53. The second kappa shape index (κ2) is 7.24. The first-order valence-corrected chi connectivity index (χ1v) is 9.10. The predicted molar refractivity (Wildman–Crippen MR) is 85.9 cm³/mol. The third-order valence-electron chi connectivity index (χ3n) is 4.22. The maximum absolute atomic E-state index is 12.5. The summed E-state index contributed by atoms with van der Waals surface area (Å²) in [6.45, 7) is 1.08. The van der Waals surface area contributed by atoms with Gasteiger partial charge >= 0.3 is 0 Å². The molecule has 1 aromatic carbocycles. The molecule has 1 aliphatic rings. The van der Waals surface area contributed by atoms with Gasteiger partial charge in [-0.2, -0.15) is 4.31 Å². The van der Waals surface area contributed by atoms with E-state index in [2.05, 4.69) is 0 Å². The van der Waals surface area contributed by atoms with Crippen LogP contribution in [-0.4, -0.2) is 50.7 Å². The molecule has 1 aromatic rings. The van der Waals surface area contributed by atoms with Crippen LogP contribution in [0.15, 0.2) is 35.2 Å². The summed E-state index contributed by atoms with van der Waals surface area (Å²) in [4.78, 5) is 13.6.